The molecule has 1 amide bonds. The first-order valence-electron chi connectivity index (χ1n) is 11.0. The molecule has 0 unspecified atom stereocenters. The van der Waals surface area contributed by atoms with Crippen LogP contribution in [0.25, 0.3) is 0 Å². The Morgan fingerprint density at radius 3 is 2.61 bits per heavy atom. The van der Waals surface area contributed by atoms with E-state index in [2.05, 4.69) is 20.5 Å². The molecule has 2 aromatic rings. The number of hydrogen-bond donors (Lipinski definition) is 1. The minimum atomic E-state index is -0.342. The van der Waals surface area contributed by atoms with E-state index in [1.807, 2.05) is 18.2 Å². The Hall–Kier alpha value is -2.39. The highest BCUT2D eigenvalue weighted by molar-refractivity contribution is 8.14. The number of carbonyl (C=O) groups excluding carboxylic acids is 2. The van der Waals surface area contributed by atoms with E-state index in [0.717, 1.165) is 44.0 Å². The van der Waals surface area contributed by atoms with Crippen LogP contribution in [0.5, 0.6) is 0 Å². The number of thioether (sulfide) groups is 1. The van der Waals surface area contributed by atoms with Crippen LogP contribution in [0, 0.1) is 5.92 Å². The lowest BCUT2D eigenvalue weighted by atomic mass is 10.2. The summed E-state index contributed by atoms with van der Waals surface area (Å²) in [5, 5.41) is 8.93. The summed E-state index contributed by atoms with van der Waals surface area (Å²) in [5.74, 6) is 0.180. The van der Waals surface area contributed by atoms with E-state index >= 15 is 0 Å². The van der Waals surface area contributed by atoms with Gasteiger partial charge < -0.3 is 0 Å². The Morgan fingerprint density at radius 1 is 1.19 bits per heavy atom. The number of rotatable bonds is 7. The van der Waals surface area contributed by atoms with E-state index < -0.39 is 0 Å². The number of nitrogens with zero attached hydrogens (tertiary/aromatic N) is 4. The molecule has 31 heavy (non-hydrogen) atoms. The summed E-state index contributed by atoms with van der Waals surface area (Å²) in [6.07, 6.45) is 7.05. The van der Waals surface area contributed by atoms with Crippen LogP contribution in [0.3, 0.4) is 0 Å². The van der Waals surface area contributed by atoms with Gasteiger partial charge in [0, 0.05) is 36.4 Å². The van der Waals surface area contributed by atoms with Gasteiger partial charge in [0.05, 0.1) is 17.9 Å². The Kier molecular flexibility index (Phi) is 7.24. The molecule has 1 aromatic heterocycles. The van der Waals surface area contributed by atoms with E-state index in [1.165, 1.54) is 25.7 Å². The maximum absolute atomic E-state index is 12.5. The lowest BCUT2D eigenvalue weighted by Gasteiger charge is -2.34. The molecular weight excluding hydrogens is 414 g/mol. The van der Waals surface area contributed by atoms with Gasteiger partial charge in [0.2, 0.25) is 16.3 Å². The maximum atomic E-state index is 12.5. The maximum Gasteiger partial charge on any atom is 0.305 e. The molecule has 1 aromatic carbocycles. The minimum Gasteiger partial charge on any atom is -0.296 e. The van der Waals surface area contributed by atoms with Crippen molar-refractivity contribution in [2.75, 3.05) is 42.3 Å². The van der Waals surface area contributed by atoms with Crippen LogP contribution in [0.1, 0.15) is 43.0 Å². The zero-order valence-electron chi connectivity index (χ0n) is 17.9. The first-order chi connectivity index (χ1) is 15.1. The van der Waals surface area contributed by atoms with Crippen LogP contribution in [-0.4, -0.2) is 59.2 Å². The smallest absolute Gasteiger partial charge is 0.296 e. The molecule has 2 aliphatic rings. The van der Waals surface area contributed by atoms with Crippen molar-refractivity contribution < 1.29 is 18.9 Å². The van der Waals surface area contributed by atoms with Gasteiger partial charge in [-0.2, -0.15) is 5.01 Å². The average Bonchev–Trinajstić information content (AvgIpc) is 3.50. The molecule has 2 heterocycles. The van der Waals surface area contributed by atoms with E-state index in [9.17, 15) is 9.59 Å². The van der Waals surface area contributed by atoms with Crippen LogP contribution >= 0.6 is 11.8 Å². The summed E-state index contributed by atoms with van der Waals surface area (Å²) in [6, 6.07) is 9.83. The topological polar surface area (TPSA) is 82.6 Å². The van der Waals surface area contributed by atoms with Crippen LogP contribution < -0.4 is 15.1 Å². The van der Waals surface area contributed by atoms with Crippen LogP contribution in [-0.2, 0) is 4.79 Å². The lowest BCUT2D eigenvalue weighted by Crippen LogP contribution is -2.66. The average molecular weight is 445 g/mol. The second kappa shape index (κ2) is 10.3. The van der Waals surface area contributed by atoms with Crippen molar-refractivity contribution in [3.05, 3.63) is 42.1 Å². The third-order valence-corrected chi connectivity index (χ3v) is 7.21. The van der Waals surface area contributed by atoms with Gasteiger partial charge in [0.25, 0.3) is 6.20 Å². The highest BCUT2D eigenvalue weighted by Gasteiger charge is 2.31. The molecule has 8 nitrogen and oxygen atoms in total. The first-order valence-corrected chi connectivity index (χ1v) is 12.0. The molecule has 1 N–H and O–H groups in total. The van der Waals surface area contributed by atoms with Crippen LogP contribution in [0.4, 0.5) is 5.88 Å². The number of amides is 1. The van der Waals surface area contributed by atoms with E-state index in [4.69, 9.17) is 4.52 Å². The Morgan fingerprint density at radius 2 is 1.90 bits per heavy atom. The summed E-state index contributed by atoms with van der Waals surface area (Å²) >= 11 is 1.15. The number of anilines is 1. The molecule has 0 radical (unpaired) electrons. The number of piperazine rings is 1. The summed E-state index contributed by atoms with van der Waals surface area (Å²) in [4.78, 5) is 29.0. The lowest BCUT2D eigenvalue weighted by molar-refractivity contribution is -0.759. The zero-order valence-corrected chi connectivity index (χ0v) is 18.7. The minimum absolute atomic E-state index is 0.0329. The molecule has 1 aliphatic heterocycles. The van der Waals surface area contributed by atoms with E-state index in [-0.39, 0.29) is 16.9 Å². The molecule has 9 heteroatoms. The van der Waals surface area contributed by atoms with Crippen molar-refractivity contribution in [1.29, 1.82) is 0 Å². The molecule has 166 valence electrons. The van der Waals surface area contributed by atoms with Gasteiger partial charge in [0.15, 0.2) is 0 Å². The predicted molar refractivity (Wildman–Crippen MR) is 120 cm³/mol. The van der Waals surface area contributed by atoms with Crippen molar-refractivity contribution in [3.8, 4) is 0 Å². The van der Waals surface area contributed by atoms with Gasteiger partial charge in [0.1, 0.15) is 0 Å². The molecule has 0 spiro atoms. The van der Waals surface area contributed by atoms with Gasteiger partial charge >= 0.3 is 5.88 Å². The quantitative estimate of drug-likeness (QED) is 0.656. The fourth-order valence-electron chi connectivity index (χ4n) is 4.16. The molecular formula is C22H30N5O3S+. The van der Waals surface area contributed by atoms with Crippen LogP contribution in [0.2, 0.25) is 0 Å². The fourth-order valence-corrected chi connectivity index (χ4v) is 5.01. The molecule has 1 saturated carbocycles. The fraction of sp³-hybridized carbons (Fsp3) is 0.545. The van der Waals surface area contributed by atoms with Crippen molar-refractivity contribution >= 4 is 28.7 Å². The largest absolute Gasteiger partial charge is 0.305 e. The van der Waals surface area contributed by atoms with Gasteiger partial charge in [-0.3, -0.25) is 24.3 Å². The third kappa shape index (κ3) is 5.65. The van der Waals surface area contributed by atoms with Crippen LogP contribution in [0.15, 0.2) is 41.1 Å². The molecule has 0 bridgehead atoms. The summed E-state index contributed by atoms with van der Waals surface area (Å²) in [6.45, 7) is 5.62. The highest BCUT2D eigenvalue weighted by Crippen LogP contribution is 2.24. The molecule has 1 aliphatic carbocycles. The van der Waals surface area contributed by atoms with Crippen molar-refractivity contribution in [3.63, 3.8) is 0 Å². The van der Waals surface area contributed by atoms with E-state index in [1.54, 1.807) is 30.0 Å². The Bertz CT molecular complexity index is 876. The van der Waals surface area contributed by atoms with E-state index in [0.29, 0.717) is 17.2 Å². The van der Waals surface area contributed by atoms with Gasteiger partial charge in [-0.25, -0.2) is 0 Å². The molecule has 4 rings (SSSR count). The predicted octanol–water partition coefficient (Wildman–Crippen LogP) is 2.31. The Labute approximate surface area is 186 Å². The molecule has 1 atom stereocenters. The molecule has 1 saturated heterocycles. The number of benzene rings is 1. The standard InChI is InChI=1S/C22H29N5O3S/c1-17(16-31-22(29)18-7-3-2-4-8-18)21(28)23-20-15-27(24-30-20)26-13-11-25(12-14-26)19-9-5-6-10-19/h2-4,7-8,15,17,19H,5-6,9-14,16H2,1H3/p+1/t17-/m1/s1. The number of aromatic nitrogens is 2. The second-order valence-corrected chi connectivity index (χ2v) is 9.26. The number of carbonyl (C=O) groups is 2. The monoisotopic (exact) mass is 444 g/mol. The summed E-state index contributed by atoms with van der Waals surface area (Å²) < 4.78 is 5.31. The zero-order chi connectivity index (χ0) is 21.6. The SMILES string of the molecule is C[C@H](CSC(=O)c1ccccc1)C(=O)Nc1c[n+](N2CCN(C3CCCC3)CC2)no1. The van der Waals surface area contributed by atoms with Crippen molar-refractivity contribution in [1.82, 2.24) is 10.2 Å². The van der Waals surface area contributed by atoms with Crippen molar-refractivity contribution in [2.24, 2.45) is 5.92 Å². The van der Waals surface area contributed by atoms with Gasteiger partial charge in [-0.15, -0.1) is 0 Å². The summed E-state index contributed by atoms with van der Waals surface area (Å²) in [7, 11) is 0. The molecule has 2 fully saturated rings. The van der Waals surface area contributed by atoms with Gasteiger partial charge in [-0.1, -0.05) is 61.9 Å². The normalized spacial score (nSPS) is 18.8. The van der Waals surface area contributed by atoms with Gasteiger partial charge in [-0.05, 0) is 12.8 Å². The summed E-state index contributed by atoms with van der Waals surface area (Å²) in [5.41, 5.74) is 0.643. The first kappa shape index (κ1) is 21.8. The Balaban J connectivity index is 1.23. The second-order valence-electron chi connectivity index (χ2n) is 8.27. The number of hydrogen-bond acceptors (Lipinski definition) is 7. The van der Waals surface area contributed by atoms with Crippen molar-refractivity contribution in [2.45, 2.75) is 38.6 Å². The highest BCUT2D eigenvalue weighted by atomic mass is 32.2. The number of nitrogens with one attached hydrogen (secondary N) is 1. The third-order valence-electron chi connectivity index (χ3n) is 6.04.